The molecular formula is C19H32Cl3N7O2. The van der Waals surface area contributed by atoms with E-state index in [1.165, 1.54) is 0 Å². The second-order valence-electron chi connectivity index (χ2n) is 7.84. The first-order chi connectivity index (χ1) is 13.3. The van der Waals surface area contributed by atoms with Gasteiger partial charge >= 0.3 is 0 Å². The number of amides is 2. The molecule has 1 saturated heterocycles. The van der Waals surface area contributed by atoms with Crippen LogP contribution in [-0.2, 0) is 36.8 Å². The van der Waals surface area contributed by atoms with Crippen molar-refractivity contribution in [2.45, 2.75) is 25.9 Å². The highest BCUT2D eigenvalue weighted by Crippen LogP contribution is 2.33. The van der Waals surface area contributed by atoms with Gasteiger partial charge in [0.1, 0.15) is 0 Å². The molecule has 1 unspecified atom stereocenters. The molecular weight excluding hydrogens is 465 g/mol. The summed E-state index contributed by atoms with van der Waals surface area (Å²) in [5.41, 5.74) is 1.24. The zero-order chi connectivity index (χ0) is 20.3. The molecule has 0 aliphatic carbocycles. The molecule has 0 radical (unpaired) electrons. The highest BCUT2D eigenvalue weighted by molar-refractivity contribution is 5.89. The van der Waals surface area contributed by atoms with E-state index in [-0.39, 0.29) is 55.5 Å². The van der Waals surface area contributed by atoms with Crippen LogP contribution in [0.25, 0.3) is 0 Å². The van der Waals surface area contributed by atoms with Crippen LogP contribution in [0.4, 0.5) is 0 Å². The molecule has 1 fully saturated rings. The molecule has 0 saturated carbocycles. The Balaban J connectivity index is 0.00000300. The number of carbonyl (C=O) groups excluding carboxylic acids is 2. The quantitative estimate of drug-likeness (QED) is 0.626. The topological polar surface area (TPSA) is 88.3 Å². The molecule has 12 heteroatoms. The van der Waals surface area contributed by atoms with Gasteiger partial charge in [0.2, 0.25) is 11.8 Å². The molecule has 0 bridgehead atoms. The minimum atomic E-state index is -0.697. The van der Waals surface area contributed by atoms with Crippen LogP contribution in [0.15, 0.2) is 24.8 Å². The number of aryl methyl sites for hydroxylation is 2. The fourth-order valence-corrected chi connectivity index (χ4v) is 3.80. The van der Waals surface area contributed by atoms with E-state index in [2.05, 4.69) is 15.5 Å². The second kappa shape index (κ2) is 12.3. The lowest BCUT2D eigenvalue weighted by Gasteiger charge is -2.32. The zero-order valence-corrected chi connectivity index (χ0v) is 20.7. The molecule has 9 nitrogen and oxygen atoms in total. The molecule has 2 aromatic rings. The predicted molar refractivity (Wildman–Crippen MR) is 126 cm³/mol. The average molecular weight is 497 g/mol. The maximum Gasteiger partial charge on any atom is 0.230 e. The van der Waals surface area contributed by atoms with Crippen molar-refractivity contribution in [1.29, 1.82) is 0 Å². The summed E-state index contributed by atoms with van der Waals surface area (Å²) >= 11 is 0. The highest BCUT2D eigenvalue weighted by atomic mass is 35.5. The van der Waals surface area contributed by atoms with E-state index in [4.69, 9.17) is 0 Å². The Labute approximate surface area is 201 Å². The van der Waals surface area contributed by atoms with E-state index in [0.29, 0.717) is 26.1 Å². The van der Waals surface area contributed by atoms with Gasteiger partial charge in [-0.25, -0.2) is 0 Å². The summed E-state index contributed by atoms with van der Waals surface area (Å²) in [5, 5.41) is 11.6. The largest absolute Gasteiger partial charge is 0.341 e. The van der Waals surface area contributed by atoms with E-state index in [9.17, 15) is 9.59 Å². The Morgan fingerprint density at radius 2 is 1.52 bits per heavy atom. The Morgan fingerprint density at radius 1 is 1.00 bits per heavy atom. The number of aromatic nitrogens is 4. The fourth-order valence-electron chi connectivity index (χ4n) is 3.80. The first-order valence-corrected chi connectivity index (χ1v) is 9.44. The number of nitrogens with zero attached hydrogens (tertiary/aromatic N) is 6. The van der Waals surface area contributed by atoms with Crippen LogP contribution >= 0.6 is 37.2 Å². The first kappa shape index (κ1) is 29.2. The molecule has 31 heavy (non-hydrogen) atoms. The molecule has 2 aromatic heterocycles. The van der Waals surface area contributed by atoms with Crippen LogP contribution in [0.2, 0.25) is 0 Å². The Hall–Kier alpha value is -1.81. The Morgan fingerprint density at radius 3 is 1.94 bits per heavy atom. The number of hydrogen-bond donors (Lipinski definition) is 1. The molecule has 2 amide bonds. The maximum absolute atomic E-state index is 13.3. The van der Waals surface area contributed by atoms with Crippen molar-refractivity contribution < 1.29 is 9.59 Å². The molecule has 176 valence electrons. The number of carbonyl (C=O) groups is 2. The average Bonchev–Trinajstić information content (AvgIpc) is 3.37. The third-order valence-electron chi connectivity index (χ3n) is 5.32. The van der Waals surface area contributed by atoms with Gasteiger partial charge in [-0.15, -0.1) is 37.2 Å². The molecule has 1 N–H and O–H groups in total. The van der Waals surface area contributed by atoms with Crippen molar-refractivity contribution in [1.82, 2.24) is 34.7 Å². The van der Waals surface area contributed by atoms with Crippen LogP contribution < -0.4 is 5.32 Å². The van der Waals surface area contributed by atoms with Gasteiger partial charge in [-0.3, -0.25) is 19.0 Å². The third-order valence-corrected chi connectivity index (χ3v) is 5.32. The van der Waals surface area contributed by atoms with Crippen molar-refractivity contribution in [2.75, 3.05) is 27.2 Å². The van der Waals surface area contributed by atoms with Crippen LogP contribution in [0.1, 0.15) is 24.0 Å². The fraction of sp³-hybridized carbons (Fsp3) is 0.579. The van der Waals surface area contributed by atoms with E-state index < -0.39 is 5.41 Å². The van der Waals surface area contributed by atoms with E-state index in [0.717, 1.165) is 17.7 Å². The molecule has 1 aliphatic rings. The SMILES string of the molecule is CN(Cc1cnn(C)c1)C(=O)CC1(C(=O)N(C)Cc2cnn(C)c2)CCNC1.Cl.Cl.Cl. The summed E-state index contributed by atoms with van der Waals surface area (Å²) in [7, 11) is 7.26. The van der Waals surface area contributed by atoms with E-state index in [1.54, 1.807) is 45.7 Å². The molecule has 1 aliphatic heterocycles. The van der Waals surface area contributed by atoms with Gasteiger partial charge in [0.05, 0.1) is 17.8 Å². The first-order valence-electron chi connectivity index (χ1n) is 9.44. The molecule has 0 aromatic carbocycles. The van der Waals surface area contributed by atoms with Gasteiger partial charge < -0.3 is 15.1 Å². The normalized spacial score (nSPS) is 17.2. The van der Waals surface area contributed by atoms with Crippen molar-refractivity contribution in [2.24, 2.45) is 19.5 Å². The number of hydrogen-bond acceptors (Lipinski definition) is 5. The van der Waals surface area contributed by atoms with Gasteiger partial charge in [-0.2, -0.15) is 10.2 Å². The van der Waals surface area contributed by atoms with Gasteiger partial charge in [0.25, 0.3) is 0 Å². The summed E-state index contributed by atoms with van der Waals surface area (Å²) < 4.78 is 3.43. The zero-order valence-electron chi connectivity index (χ0n) is 18.3. The van der Waals surface area contributed by atoms with Crippen molar-refractivity contribution in [3.63, 3.8) is 0 Å². The van der Waals surface area contributed by atoms with Crippen LogP contribution in [0.3, 0.4) is 0 Å². The monoisotopic (exact) mass is 495 g/mol. The summed E-state index contributed by atoms with van der Waals surface area (Å²) in [6, 6.07) is 0. The Kier molecular flexibility index (Phi) is 11.6. The van der Waals surface area contributed by atoms with Gasteiger partial charge in [-0.1, -0.05) is 0 Å². The molecule has 3 rings (SSSR count). The lowest BCUT2D eigenvalue weighted by Crippen LogP contribution is -2.46. The van der Waals surface area contributed by atoms with Crippen LogP contribution in [0, 0.1) is 5.41 Å². The van der Waals surface area contributed by atoms with E-state index >= 15 is 0 Å². The van der Waals surface area contributed by atoms with Gasteiger partial charge in [0.15, 0.2) is 0 Å². The number of halogens is 3. The minimum Gasteiger partial charge on any atom is -0.341 e. The van der Waals surface area contributed by atoms with Gasteiger partial charge in [-0.05, 0) is 13.0 Å². The lowest BCUT2D eigenvalue weighted by atomic mass is 9.81. The van der Waals surface area contributed by atoms with Crippen molar-refractivity contribution in [3.8, 4) is 0 Å². The predicted octanol–water partition coefficient (Wildman–Crippen LogP) is 1.41. The minimum absolute atomic E-state index is 0. The standard InChI is InChI=1S/C19H29N7O2.3ClH/c1-23(10-15-8-21-25(3)12-15)17(27)7-19(5-6-20-14-19)18(28)24(2)11-16-9-22-26(4)13-16;;;/h8-9,12-13,20H,5-7,10-11,14H2,1-4H3;3*1H. The van der Waals surface area contributed by atoms with E-state index in [1.807, 2.05) is 26.5 Å². The molecule has 3 heterocycles. The maximum atomic E-state index is 13.3. The highest BCUT2D eigenvalue weighted by Gasteiger charge is 2.45. The van der Waals surface area contributed by atoms with Crippen molar-refractivity contribution in [3.05, 3.63) is 35.9 Å². The third kappa shape index (κ3) is 7.10. The number of nitrogens with one attached hydrogen (secondary N) is 1. The van der Waals surface area contributed by atoms with Gasteiger partial charge in [0, 0.05) is 77.8 Å². The molecule has 0 spiro atoms. The summed E-state index contributed by atoms with van der Waals surface area (Å²) in [5.74, 6) is -0.0276. The van der Waals surface area contributed by atoms with Crippen LogP contribution in [0.5, 0.6) is 0 Å². The molecule has 1 atom stereocenters. The summed E-state index contributed by atoms with van der Waals surface area (Å²) in [6.07, 6.45) is 8.17. The van der Waals surface area contributed by atoms with Crippen LogP contribution in [-0.4, -0.2) is 68.4 Å². The number of rotatable bonds is 7. The second-order valence-corrected chi connectivity index (χ2v) is 7.84. The van der Waals surface area contributed by atoms with Crippen molar-refractivity contribution >= 4 is 49.0 Å². The summed E-state index contributed by atoms with van der Waals surface area (Å²) in [6.45, 7) is 2.23. The Bertz CT molecular complexity index is 849. The smallest absolute Gasteiger partial charge is 0.230 e. The summed E-state index contributed by atoms with van der Waals surface area (Å²) in [4.78, 5) is 29.5. The lowest BCUT2D eigenvalue weighted by molar-refractivity contribution is -0.146.